The summed E-state index contributed by atoms with van der Waals surface area (Å²) in [6.45, 7) is 8.10. The number of benzene rings is 2. The third kappa shape index (κ3) is 9.92. The van der Waals surface area contributed by atoms with E-state index in [1.54, 1.807) is 0 Å². The van der Waals surface area contributed by atoms with Crippen molar-refractivity contribution in [1.82, 2.24) is 20.4 Å². The largest absolute Gasteiger partial charge is 0.355 e. The number of rotatable bonds is 10. The summed E-state index contributed by atoms with van der Waals surface area (Å²) in [6.07, 6.45) is 1.00. The number of carbonyl (C=O) groups is 1. The summed E-state index contributed by atoms with van der Waals surface area (Å²) in [7, 11) is 0. The molecule has 1 amide bonds. The summed E-state index contributed by atoms with van der Waals surface area (Å²) in [5.41, 5.74) is 2.45. The molecule has 2 aromatic carbocycles. The summed E-state index contributed by atoms with van der Waals surface area (Å²) in [5.74, 6) is 0.104. The van der Waals surface area contributed by atoms with Crippen LogP contribution in [0.4, 0.5) is 0 Å². The van der Waals surface area contributed by atoms with Crippen molar-refractivity contribution in [3.8, 4) is 0 Å². The molecule has 166 valence electrons. The van der Waals surface area contributed by atoms with Crippen LogP contribution >= 0.6 is 24.8 Å². The first-order chi connectivity index (χ1) is 13.8. The van der Waals surface area contributed by atoms with Crippen LogP contribution < -0.4 is 10.6 Å². The Hall–Kier alpha value is -1.63. The van der Waals surface area contributed by atoms with Gasteiger partial charge in [-0.2, -0.15) is 0 Å². The second kappa shape index (κ2) is 15.2. The van der Waals surface area contributed by atoms with E-state index < -0.39 is 0 Å². The molecule has 2 N–H and O–H groups in total. The van der Waals surface area contributed by atoms with Crippen molar-refractivity contribution in [3.05, 3.63) is 71.8 Å². The lowest BCUT2D eigenvalue weighted by Crippen LogP contribution is -2.44. The molecule has 2 aromatic rings. The zero-order chi connectivity index (χ0) is 19.4. The second-order valence-corrected chi connectivity index (χ2v) is 7.41. The molecule has 1 aliphatic rings. The van der Waals surface area contributed by atoms with Crippen molar-refractivity contribution in [2.45, 2.75) is 19.5 Å². The normalized spacial score (nSPS) is 13.9. The Bertz CT molecular complexity index is 655. The number of piperazine rings is 1. The van der Waals surface area contributed by atoms with E-state index in [4.69, 9.17) is 0 Å². The molecule has 3 rings (SSSR count). The Kier molecular flexibility index (Phi) is 13.4. The molecule has 0 radical (unpaired) electrons. The van der Waals surface area contributed by atoms with Crippen LogP contribution in [0.2, 0.25) is 0 Å². The quantitative estimate of drug-likeness (QED) is 0.544. The minimum Gasteiger partial charge on any atom is -0.355 e. The lowest BCUT2D eigenvalue weighted by Gasteiger charge is -2.27. The van der Waals surface area contributed by atoms with Crippen LogP contribution in [-0.2, 0) is 17.9 Å². The van der Waals surface area contributed by atoms with Crippen molar-refractivity contribution in [1.29, 1.82) is 0 Å². The molecular weight excluding hydrogens is 419 g/mol. The summed E-state index contributed by atoms with van der Waals surface area (Å²) in [6, 6.07) is 20.7. The molecule has 1 aliphatic heterocycles. The highest BCUT2D eigenvalue weighted by Gasteiger charge is 2.13. The molecular formula is C23H34Cl2N4O. The van der Waals surface area contributed by atoms with E-state index in [9.17, 15) is 4.79 Å². The van der Waals surface area contributed by atoms with Crippen molar-refractivity contribution in [3.63, 3.8) is 0 Å². The Morgan fingerprint density at radius 1 is 0.900 bits per heavy atom. The third-order valence-electron chi connectivity index (χ3n) is 5.05. The summed E-state index contributed by atoms with van der Waals surface area (Å²) in [5, 5.41) is 6.47. The molecule has 5 nitrogen and oxygen atoms in total. The molecule has 0 saturated carbocycles. The molecule has 0 unspecified atom stereocenters. The van der Waals surface area contributed by atoms with Gasteiger partial charge in [-0.15, -0.1) is 24.8 Å². The number of nitrogens with one attached hydrogen (secondary N) is 2. The van der Waals surface area contributed by atoms with Gasteiger partial charge in [0, 0.05) is 45.8 Å². The number of halogens is 2. The molecule has 0 atom stereocenters. The Balaban J connectivity index is 0.00000225. The SMILES string of the molecule is Cl.Cl.O=C(CN(Cc1ccccc1)Cc1ccccc1)NCCCN1CCNCC1. The molecule has 0 aliphatic carbocycles. The highest BCUT2D eigenvalue weighted by atomic mass is 35.5. The Labute approximate surface area is 193 Å². The Morgan fingerprint density at radius 3 is 1.97 bits per heavy atom. The third-order valence-corrected chi connectivity index (χ3v) is 5.05. The number of nitrogens with zero attached hydrogens (tertiary/aromatic N) is 2. The van der Waals surface area contributed by atoms with Gasteiger partial charge in [0.2, 0.25) is 5.91 Å². The fraction of sp³-hybridized carbons (Fsp3) is 0.435. The van der Waals surface area contributed by atoms with Gasteiger partial charge >= 0.3 is 0 Å². The van der Waals surface area contributed by atoms with Crippen molar-refractivity contribution < 1.29 is 4.79 Å². The standard InChI is InChI=1S/C23H32N4O.2ClH/c28-23(25-12-7-15-26-16-13-24-14-17-26)20-27(18-21-8-3-1-4-9-21)19-22-10-5-2-6-11-22;;/h1-6,8-11,24H,7,12-20H2,(H,25,28);2*1H. The van der Waals surface area contributed by atoms with Crippen LogP contribution in [0.15, 0.2) is 60.7 Å². The first-order valence-corrected chi connectivity index (χ1v) is 10.3. The number of carbonyl (C=O) groups excluding carboxylic acids is 1. The maximum atomic E-state index is 12.5. The average molecular weight is 453 g/mol. The Morgan fingerprint density at radius 2 is 1.43 bits per heavy atom. The van der Waals surface area contributed by atoms with E-state index in [0.29, 0.717) is 6.54 Å². The van der Waals surface area contributed by atoms with Crippen LogP contribution in [0.3, 0.4) is 0 Å². The predicted molar refractivity (Wildman–Crippen MR) is 128 cm³/mol. The zero-order valence-corrected chi connectivity index (χ0v) is 19.1. The first-order valence-electron chi connectivity index (χ1n) is 10.3. The van der Waals surface area contributed by atoms with E-state index in [1.807, 2.05) is 36.4 Å². The van der Waals surface area contributed by atoms with Crippen molar-refractivity contribution in [2.24, 2.45) is 0 Å². The molecule has 30 heavy (non-hydrogen) atoms. The van der Waals surface area contributed by atoms with E-state index in [2.05, 4.69) is 44.7 Å². The van der Waals surface area contributed by atoms with E-state index >= 15 is 0 Å². The smallest absolute Gasteiger partial charge is 0.234 e. The molecule has 1 saturated heterocycles. The molecule has 1 heterocycles. The van der Waals surface area contributed by atoms with Gasteiger partial charge < -0.3 is 15.5 Å². The van der Waals surface area contributed by atoms with Crippen LogP contribution in [0.5, 0.6) is 0 Å². The minimum absolute atomic E-state index is 0. The number of amides is 1. The lowest BCUT2D eigenvalue weighted by atomic mass is 10.1. The molecule has 1 fully saturated rings. The van der Waals surface area contributed by atoms with Crippen LogP contribution in [0, 0.1) is 0 Å². The number of hydrogen-bond donors (Lipinski definition) is 2. The van der Waals surface area contributed by atoms with Crippen molar-refractivity contribution >= 4 is 30.7 Å². The van der Waals surface area contributed by atoms with E-state index in [1.165, 1.54) is 11.1 Å². The van der Waals surface area contributed by atoms with Gasteiger partial charge in [-0.25, -0.2) is 0 Å². The average Bonchev–Trinajstić information content (AvgIpc) is 2.73. The van der Waals surface area contributed by atoms with Gasteiger partial charge in [0.25, 0.3) is 0 Å². The van der Waals surface area contributed by atoms with E-state index in [-0.39, 0.29) is 30.7 Å². The first kappa shape index (κ1) is 26.4. The number of hydrogen-bond acceptors (Lipinski definition) is 4. The lowest BCUT2D eigenvalue weighted by molar-refractivity contribution is -0.122. The highest BCUT2D eigenvalue weighted by Crippen LogP contribution is 2.09. The van der Waals surface area contributed by atoms with E-state index in [0.717, 1.165) is 58.8 Å². The topological polar surface area (TPSA) is 47.6 Å². The van der Waals surface area contributed by atoms with Gasteiger partial charge in [-0.3, -0.25) is 9.69 Å². The highest BCUT2D eigenvalue weighted by molar-refractivity contribution is 5.85. The maximum Gasteiger partial charge on any atom is 0.234 e. The molecule has 0 aromatic heterocycles. The summed E-state index contributed by atoms with van der Waals surface area (Å²) < 4.78 is 0. The van der Waals surface area contributed by atoms with Gasteiger partial charge in [-0.05, 0) is 24.1 Å². The molecule has 0 spiro atoms. The minimum atomic E-state index is 0. The maximum absolute atomic E-state index is 12.5. The van der Waals surface area contributed by atoms with Crippen LogP contribution in [0.1, 0.15) is 17.5 Å². The second-order valence-electron chi connectivity index (χ2n) is 7.41. The monoisotopic (exact) mass is 452 g/mol. The van der Waals surface area contributed by atoms with Gasteiger partial charge in [0.05, 0.1) is 6.54 Å². The van der Waals surface area contributed by atoms with Gasteiger partial charge in [0.1, 0.15) is 0 Å². The van der Waals surface area contributed by atoms with Crippen molar-refractivity contribution in [2.75, 3.05) is 45.8 Å². The van der Waals surface area contributed by atoms with Crippen LogP contribution in [0.25, 0.3) is 0 Å². The summed E-state index contributed by atoms with van der Waals surface area (Å²) >= 11 is 0. The van der Waals surface area contributed by atoms with Gasteiger partial charge in [0.15, 0.2) is 0 Å². The van der Waals surface area contributed by atoms with Gasteiger partial charge in [-0.1, -0.05) is 60.7 Å². The molecule has 7 heteroatoms. The fourth-order valence-electron chi connectivity index (χ4n) is 3.58. The zero-order valence-electron chi connectivity index (χ0n) is 17.5. The molecule has 0 bridgehead atoms. The predicted octanol–water partition coefficient (Wildman–Crippen LogP) is 2.94. The van der Waals surface area contributed by atoms with Crippen LogP contribution in [-0.4, -0.2) is 61.5 Å². The fourth-order valence-corrected chi connectivity index (χ4v) is 3.58. The summed E-state index contributed by atoms with van der Waals surface area (Å²) in [4.78, 5) is 17.2.